The minimum absolute atomic E-state index is 0.389. The Morgan fingerprint density at radius 2 is 2.05 bits per heavy atom. The maximum absolute atomic E-state index is 12.0. The van der Waals surface area contributed by atoms with Crippen molar-refractivity contribution in [3.05, 3.63) is 5.56 Å². The highest BCUT2D eigenvalue weighted by Crippen LogP contribution is 2.28. The van der Waals surface area contributed by atoms with E-state index in [-0.39, 0.29) is 0 Å². The molecule has 0 atom stereocenters. The molecule has 0 amide bonds. The fourth-order valence-corrected chi connectivity index (χ4v) is 2.38. The molecule has 0 aliphatic carbocycles. The molecule has 2 N–H and O–H groups in total. The maximum Gasteiger partial charge on any atom is 0.345 e. The van der Waals surface area contributed by atoms with E-state index in [0.29, 0.717) is 23.7 Å². The van der Waals surface area contributed by atoms with Crippen LogP contribution in [-0.4, -0.2) is 61.5 Å². The summed E-state index contributed by atoms with van der Waals surface area (Å²) in [5.41, 5.74) is 6.49. The SMILES string of the molecule is COC(=O)c1c(N2CCCC2)nn(CCN(C)C)c1N. The quantitative estimate of drug-likeness (QED) is 0.788. The molecule has 7 heteroatoms. The standard InChI is InChI=1S/C13H23N5O2/c1-16(2)8-9-18-11(14)10(13(19)20-3)12(15-18)17-6-4-5-7-17/h4-9,14H2,1-3H3. The molecule has 1 saturated heterocycles. The molecule has 2 rings (SSSR count). The molecular weight excluding hydrogens is 258 g/mol. The van der Waals surface area contributed by atoms with Crippen molar-refractivity contribution in [3.8, 4) is 0 Å². The van der Waals surface area contributed by atoms with Crippen molar-refractivity contribution < 1.29 is 9.53 Å². The Morgan fingerprint density at radius 3 is 2.60 bits per heavy atom. The van der Waals surface area contributed by atoms with E-state index in [4.69, 9.17) is 10.5 Å². The van der Waals surface area contributed by atoms with Crippen LogP contribution in [0.3, 0.4) is 0 Å². The third-order valence-electron chi connectivity index (χ3n) is 3.53. The first kappa shape index (κ1) is 14.6. The molecule has 0 aromatic carbocycles. The van der Waals surface area contributed by atoms with Crippen molar-refractivity contribution in [1.29, 1.82) is 0 Å². The number of anilines is 2. The number of carbonyl (C=O) groups is 1. The highest BCUT2D eigenvalue weighted by atomic mass is 16.5. The summed E-state index contributed by atoms with van der Waals surface area (Å²) in [5.74, 6) is 0.631. The highest BCUT2D eigenvalue weighted by Gasteiger charge is 2.28. The number of hydrogen-bond donors (Lipinski definition) is 1. The monoisotopic (exact) mass is 281 g/mol. The van der Waals surface area contributed by atoms with Gasteiger partial charge in [0, 0.05) is 19.6 Å². The zero-order valence-electron chi connectivity index (χ0n) is 12.4. The lowest BCUT2D eigenvalue weighted by atomic mass is 10.3. The number of aromatic nitrogens is 2. The molecule has 20 heavy (non-hydrogen) atoms. The zero-order chi connectivity index (χ0) is 14.7. The number of rotatable bonds is 5. The first-order valence-corrected chi connectivity index (χ1v) is 6.89. The Balaban J connectivity index is 2.32. The van der Waals surface area contributed by atoms with E-state index in [2.05, 4.69) is 14.9 Å². The molecule has 2 heterocycles. The number of nitrogens with zero attached hydrogens (tertiary/aromatic N) is 4. The summed E-state index contributed by atoms with van der Waals surface area (Å²) in [6, 6.07) is 0. The summed E-state index contributed by atoms with van der Waals surface area (Å²) in [5, 5.41) is 4.52. The molecule has 1 aliphatic heterocycles. The van der Waals surface area contributed by atoms with Crippen molar-refractivity contribution >= 4 is 17.6 Å². The first-order chi connectivity index (χ1) is 9.54. The van der Waals surface area contributed by atoms with Crippen LogP contribution >= 0.6 is 0 Å². The number of ether oxygens (including phenoxy) is 1. The van der Waals surface area contributed by atoms with E-state index in [1.807, 2.05) is 14.1 Å². The van der Waals surface area contributed by atoms with Gasteiger partial charge in [0.15, 0.2) is 5.82 Å². The van der Waals surface area contributed by atoms with E-state index < -0.39 is 5.97 Å². The van der Waals surface area contributed by atoms with E-state index in [0.717, 1.165) is 32.5 Å². The summed E-state index contributed by atoms with van der Waals surface area (Å²) in [6.07, 6.45) is 2.23. The minimum atomic E-state index is -0.416. The topological polar surface area (TPSA) is 76.6 Å². The van der Waals surface area contributed by atoms with Crippen molar-refractivity contribution in [3.63, 3.8) is 0 Å². The summed E-state index contributed by atoms with van der Waals surface area (Å²) in [6.45, 7) is 3.28. The Kier molecular flexibility index (Phi) is 4.49. The van der Waals surface area contributed by atoms with Crippen LogP contribution < -0.4 is 10.6 Å². The van der Waals surface area contributed by atoms with E-state index in [1.165, 1.54) is 7.11 Å². The summed E-state index contributed by atoms with van der Waals surface area (Å²) in [7, 11) is 5.34. The molecular formula is C13H23N5O2. The van der Waals surface area contributed by atoms with Gasteiger partial charge < -0.3 is 20.3 Å². The lowest BCUT2D eigenvalue weighted by Crippen LogP contribution is -2.21. The van der Waals surface area contributed by atoms with Gasteiger partial charge in [-0.1, -0.05) is 0 Å². The molecule has 1 aromatic heterocycles. The predicted octanol–water partition coefficient (Wildman–Crippen LogP) is 0.414. The van der Waals surface area contributed by atoms with Crippen LogP contribution in [0.15, 0.2) is 0 Å². The number of nitrogens with two attached hydrogens (primary N) is 1. The Bertz CT molecular complexity index is 477. The molecule has 0 bridgehead atoms. The number of methoxy groups -OCH3 is 1. The second-order valence-electron chi connectivity index (χ2n) is 5.30. The van der Waals surface area contributed by atoms with E-state index >= 15 is 0 Å². The van der Waals surface area contributed by atoms with Crippen LogP contribution in [-0.2, 0) is 11.3 Å². The summed E-state index contributed by atoms with van der Waals surface area (Å²) in [4.78, 5) is 16.1. The highest BCUT2D eigenvalue weighted by molar-refractivity contribution is 5.99. The van der Waals surface area contributed by atoms with Crippen LogP contribution in [0.25, 0.3) is 0 Å². The largest absolute Gasteiger partial charge is 0.465 e. The average Bonchev–Trinajstić information content (AvgIpc) is 3.03. The predicted molar refractivity (Wildman–Crippen MR) is 78.0 cm³/mol. The molecule has 112 valence electrons. The molecule has 1 fully saturated rings. The van der Waals surface area contributed by atoms with Crippen molar-refractivity contribution in [2.24, 2.45) is 0 Å². The van der Waals surface area contributed by atoms with Gasteiger partial charge in [0.2, 0.25) is 0 Å². The Labute approximate surface area is 119 Å². The minimum Gasteiger partial charge on any atom is -0.465 e. The second kappa shape index (κ2) is 6.13. The second-order valence-corrected chi connectivity index (χ2v) is 5.30. The smallest absolute Gasteiger partial charge is 0.345 e. The van der Waals surface area contributed by atoms with Crippen LogP contribution in [0.2, 0.25) is 0 Å². The first-order valence-electron chi connectivity index (χ1n) is 6.89. The Morgan fingerprint density at radius 1 is 1.40 bits per heavy atom. The molecule has 1 aromatic rings. The lowest BCUT2D eigenvalue weighted by molar-refractivity contribution is 0.0602. The molecule has 0 spiro atoms. The van der Waals surface area contributed by atoms with Crippen LogP contribution in [0, 0.1) is 0 Å². The van der Waals surface area contributed by atoms with Gasteiger partial charge in [0.25, 0.3) is 0 Å². The van der Waals surface area contributed by atoms with E-state index in [9.17, 15) is 4.79 Å². The Hall–Kier alpha value is -1.76. The van der Waals surface area contributed by atoms with Gasteiger partial charge in [-0.05, 0) is 26.9 Å². The van der Waals surface area contributed by atoms with Gasteiger partial charge in [0.05, 0.1) is 13.7 Å². The van der Waals surface area contributed by atoms with Gasteiger partial charge in [-0.3, -0.25) is 0 Å². The van der Waals surface area contributed by atoms with Crippen molar-refractivity contribution in [2.45, 2.75) is 19.4 Å². The third kappa shape index (κ3) is 2.87. The number of likely N-dealkylation sites (N-methyl/N-ethyl adjacent to an activating group) is 1. The van der Waals surface area contributed by atoms with Crippen LogP contribution in [0.1, 0.15) is 23.2 Å². The molecule has 0 unspecified atom stereocenters. The molecule has 0 saturated carbocycles. The maximum atomic E-state index is 12.0. The molecule has 0 radical (unpaired) electrons. The van der Waals surface area contributed by atoms with Gasteiger partial charge >= 0.3 is 5.97 Å². The van der Waals surface area contributed by atoms with Gasteiger partial charge in [-0.25, -0.2) is 9.48 Å². The molecule has 7 nitrogen and oxygen atoms in total. The van der Waals surface area contributed by atoms with E-state index in [1.54, 1.807) is 4.68 Å². The van der Waals surface area contributed by atoms with Crippen molar-refractivity contribution in [1.82, 2.24) is 14.7 Å². The third-order valence-corrected chi connectivity index (χ3v) is 3.53. The van der Waals surface area contributed by atoms with Crippen molar-refractivity contribution in [2.75, 3.05) is 51.5 Å². The van der Waals surface area contributed by atoms with Gasteiger partial charge in [-0.15, -0.1) is 0 Å². The normalized spacial score (nSPS) is 15.1. The number of hydrogen-bond acceptors (Lipinski definition) is 6. The number of nitrogen functional groups attached to an aromatic ring is 1. The average molecular weight is 281 g/mol. The lowest BCUT2D eigenvalue weighted by Gasteiger charge is -2.15. The summed E-state index contributed by atoms with van der Waals surface area (Å²) >= 11 is 0. The van der Waals surface area contributed by atoms with Crippen LogP contribution in [0.4, 0.5) is 11.6 Å². The summed E-state index contributed by atoms with van der Waals surface area (Å²) < 4.78 is 6.54. The fraction of sp³-hybridized carbons (Fsp3) is 0.692. The van der Waals surface area contributed by atoms with Gasteiger partial charge in [-0.2, -0.15) is 5.10 Å². The number of esters is 1. The molecule has 1 aliphatic rings. The number of carbonyl (C=O) groups excluding carboxylic acids is 1. The fourth-order valence-electron chi connectivity index (χ4n) is 2.38. The van der Waals surface area contributed by atoms with Gasteiger partial charge in [0.1, 0.15) is 11.4 Å². The zero-order valence-corrected chi connectivity index (χ0v) is 12.4. The van der Waals surface area contributed by atoms with Crippen LogP contribution in [0.5, 0.6) is 0 Å².